The summed E-state index contributed by atoms with van der Waals surface area (Å²) in [7, 11) is 0. The molecule has 0 aromatic heterocycles. The summed E-state index contributed by atoms with van der Waals surface area (Å²) in [6.07, 6.45) is 2.23. The van der Waals surface area contributed by atoms with E-state index in [0.29, 0.717) is 5.92 Å². The minimum absolute atomic E-state index is 0.409. The number of nitrogen functional groups attached to an aromatic ring is 1. The van der Waals surface area contributed by atoms with Crippen LogP contribution < -0.4 is 5.73 Å². The van der Waals surface area contributed by atoms with Gasteiger partial charge in [-0.3, -0.25) is 0 Å². The van der Waals surface area contributed by atoms with Gasteiger partial charge in [0.05, 0.1) is 0 Å². The molecule has 1 nitrogen and oxygen atoms in total. The minimum Gasteiger partial charge on any atom is -0.398 e. The van der Waals surface area contributed by atoms with Crippen molar-refractivity contribution in [3.63, 3.8) is 0 Å². The predicted molar refractivity (Wildman–Crippen MR) is 58.7 cm³/mol. The molecule has 2 N–H and O–H groups in total. The molecule has 1 aromatic rings. The Kier molecular flexibility index (Phi) is 3.13. The van der Waals surface area contributed by atoms with Crippen LogP contribution >= 0.6 is 0 Å². The Bertz CT molecular complexity index is 309. The second-order valence-corrected chi connectivity index (χ2v) is 3.66. The monoisotopic (exact) mass is 175 g/mol. The van der Waals surface area contributed by atoms with Crippen LogP contribution in [0.15, 0.2) is 35.9 Å². The minimum atomic E-state index is 0.409. The number of benzene rings is 1. The lowest BCUT2D eigenvalue weighted by Gasteiger charge is -2.10. The van der Waals surface area contributed by atoms with E-state index in [4.69, 9.17) is 5.73 Å². The van der Waals surface area contributed by atoms with Gasteiger partial charge in [0.1, 0.15) is 0 Å². The molecule has 0 aliphatic rings. The van der Waals surface area contributed by atoms with Crippen molar-refractivity contribution in [3.05, 3.63) is 41.5 Å². The third-order valence-electron chi connectivity index (χ3n) is 2.07. The van der Waals surface area contributed by atoms with Crippen LogP contribution in [0, 0.1) is 0 Å². The van der Waals surface area contributed by atoms with Crippen molar-refractivity contribution < 1.29 is 0 Å². The predicted octanol–water partition coefficient (Wildman–Crippen LogP) is 3.34. The molecule has 0 fully saturated rings. The third kappa shape index (κ3) is 2.62. The van der Waals surface area contributed by atoms with E-state index in [1.807, 2.05) is 18.2 Å². The number of nitrogens with two attached hydrogens (primary N) is 1. The highest BCUT2D eigenvalue weighted by atomic mass is 14.6. The van der Waals surface area contributed by atoms with Crippen LogP contribution in [0.2, 0.25) is 0 Å². The van der Waals surface area contributed by atoms with E-state index in [0.717, 1.165) is 5.69 Å². The Hall–Kier alpha value is -1.24. The molecule has 1 atom stereocenters. The van der Waals surface area contributed by atoms with E-state index < -0.39 is 0 Å². The molecule has 0 saturated carbocycles. The normalized spacial score (nSPS) is 12.2. The zero-order valence-electron chi connectivity index (χ0n) is 8.54. The second-order valence-electron chi connectivity index (χ2n) is 3.66. The summed E-state index contributed by atoms with van der Waals surface area (Å²) in [5.74, 6) is 0.409. The average Bonchev–Trinajstić information content (AvgIpc) is 2.03. The third-order valence-corrected chi connectivity index (χ3v) is 2.07. The summed E-state index contributed by atoms with van der Waals surface area (Å²) in [5.41, 5.74) is 9.29. The van der Waals surface area contributed by atoms with Gasteiger partial charge >= 0.3 is 0 Å². The van der Waals surface area contributed by atoms with Gasteiger partial charge < -0.3 is 5.73 Å². The van der Waals surface area contributed by atoms with Crippen molar-refractivity contribution in [2.75, 3.05) is 5.73 Å². The first-order valence-electron chi connectivity index (χ1n) is 4.60. The van der Waals surface area contributed by atoms with Gasteiger partial charge in [-0.15, -0.1) is 0 Å². The molecule has 0 radical (unpaired) electrons. The Labute approximate surface area is 80.3 Å². The smallest absolute Gasteiger partial charge is 0.0352 e. The van der Waals surface area contributed by atoms with Crippen LogP contribution in [0.1, 0.15) is 32.3 Å². The van der Waals surface area contributed by atoms with Gasteiger partial charge in [0, 0.05) is 11.6 Å². The van der Waals surface area contributed by atoms with E-state index in [-0.39, 0.29) is 0 Å². The summed E-state index contributed by atoms with van der Waals surface area (Å²) in [6, 6.07) is 8.03. The molecular weight excluding hydrogens is 158 g/mol. The summed E-state index contributed by atoms with van der Waals surface area (Å²) >= 11 is 0. The first-order chi connectivity index (χ1) is 6.11. The SMILES string of the molecule is CC(C)=CC(C)c1ccccc1N. The number of hydrogen-bond acceptors (Lipinski definition) is 1. The van der Waals surface area contributed by atoms with E-state index in [1.54, 1.807) is 0 Å². The maximum atomic E-state index is 5.87. The molecule has 0 amide bonds. The molecule has 1 heteroatoms. The molecule has 1 rings (SSSR count). The van der Waals surface area contributed by atoms with E-state index in [9.17, 15) is 0 Å². The molecule has 13 heavy (non-hydrogen) atoms. The fourth-order valence-corrected chi connectivity index (χ4v) is 1.52. The molecule has 0 aliphatic carbocycles. The van der Waals surface area contributed by atoms with Crippen LogP contribution in [0.4, 0.5) is 5.69 Å². The van der Waals surface area contributed by atoms with Crippen LogP contribution in [-0.2, 0) is 0 Å². The van der Waals surface area contributed by atoms with Crippen LogP contribution in [0.3, 0.4) is 0 Å². The Morgan fingerprint density at radius 1 is 1.31 bits per heavy atom. The first-order valence-corrected chi connectivity index (χ1v) is 4.60. The van der Waals surface area contributed by atoms with Crippen molar-refractivity contribution >= 4 is 5.69 Å². The van der Waals surface area contributed by atoms with Gasteiger partial charge in [-0.25, -0.2) is 0 Å². The molecule has 0 saturated heterocycles. The van der Waals surface area contributed by atoms with Crippen LogP contribution in [-0.4, -0.2) is 0 Å². The fraction of sp³-hybridized carbons (Fsp3) is 0.333. The highest BCUT2D eigenvalue weighted by Gasteiger charge is 2.04. The van der Waals surface area contributed by atoms with Crippen LogP contribution in [0.5, 0.6) is 0 Å². The topological polar surface area (TPSA) is 26.0 Å². The van der Waals surface area contributed by atoms with Crippen LogP contribution in [0.25, 0.3) is 0 Å². The summed E-state index contributed by atoms with van der Waals surface area (Å²) in [6.45, 7) is 6.38. The molecular formula is C12H17N. The summed E-state index contributed by atoms with van der Waals surface area (Å²) in [5, 5.41) is 0. The van der Waals surface area contributed by atoms with E-state index in [2.05, 4.69) is 32.9 Å². The highest BCUT2D eigenvalue weighted by Crippen LogP contribution is 2.23. The van der Waals surface area contributed by atoms with Crippen molar-refractivity contribution in [2.45, 2.75) is 26.7 Å². The first kappa shape index (κ1) is 9.85. The van der Waals surface area contributed by atoms with E-state index >= 15 is 0 Å². The van der Waals surface area contributed by atoms with Crippen molar-refractivity contribution in [3.8, 4) is 0 Å². The highest BCUT2D eigenvalue weighted by molar-refractivity contribution is 5.49. The average molecular weight is 175 g/mol. The maximum Gasteiger partial charge on any atom is 0.0352 e. The van der Waals surface area contributed by atoms with Gasteiger partial charge in [-0.1, -0.05) is 36.8 Å². The molecule has 1 aromatic carbocycles. The Balaban J connectivity index is 2.95. The van der Waals surface area contributed by atoms with Gasteiger partial charge in [-0.2, -0.15) is 0 Å². The maximum absolute atomic E-state index is 5.87. The van der Waals surface area contributed by atoms with Gasteiger partial charge in [0.15, 0.2) is 0 Å². The standard InChI is InChI=1S/C12H17N/c1-9(2)8-10(3)11-6-4-5-7-12(11)13/h4-8,10H,13H2,1-3H3. The zero-order valence-corrected chi connectivity index (χ0v) is 8.54. The van der Waals surface area contributed by atoms with Gasteiger partial charge in [0.25, 0.3) is 0 Å². The van der Waals surface area contributed by atoms with Crippen molar-refractivity contribution in [2.24, 2.45) is 0 Å². The molecule has 0 spiro atoms. The van der Waals surface area contributed by atoms with Gasteiger partial charge in [-0.05, 0) is 25.5 Å². The lowest BCUT2D eigenvalue weighted by Crippen LogP contribution is -1.96. The molecule has 70 valence electrons. The molecule has 0 bridgehead atoms. The molecule has 1 unspecified atom stereocenters. The number of anilines is 1. The number of rotatable bonds is 2. The molecule has 0 heterocycles. The Morgan fingerprint density at radius 3 is 2.46 bits per heavy atom. The number of allylic oxidation sites excluding steroid dienone is 2. The Morgan fingerprint density at radius 2 is 1.92 bits per heavy atom. The van der Waals surface area contributed by atoms with Crippen molar-refractivity contribution in [1.82, 2.24) is 0 Å². The molecule has 0 aliphatic heterocycles. The van der Waals surface area contributed by atoms with Crippen molar-refractivity contribution in [1.29, 1.82) is 0 Å². The lowest BCUT2D eigenvalue weighted by atomic mass is 9.97. The second kappa shape index (κ2) is 4.13. The zero-order chi connectivity index (χ0) is 9.84. The number of hydrogen-bond donors (Lipinski definition) is 1. The van der Waals surface area contributed by atoms with Gasteiger partial charge in [0.2, 0.25) is 0 Å². The fourth-order valence-electron chi connectivity index (χ4n) is 1.52. The lowest BCUT2D eigenvalue weighted by molar-refractivity contribution is 0.956. The summed E-state index contributed by atoms with van der Waals surface area (Å²) < 4.78 is 0. The quantitative estimate of drug-likeness (QED) is 0.541. The van der Waals surface area contributed by atoms with E-state index in [1.165, 1.54) is 11.1 Å². The summed E-state index contributed by atoms with van der Waals surface area (Å²) in [4.78, 5) is 0. The largest absolute Gasteiger partial charge is 0.398 e. The number of para-hydroxylation sites is 1.